The van der Waals surface area contributed by atoms with Gasteiger partial charge in [-0.25, -0.2) is 0 Å². The smallest absolute Gasteiger partial charge is 0.0185 e. The van der Waals surface area contributed by atoms with Crippen molar-refractivity contribution in [3.8, 4) is 0 Å². The number of halogens is 1. The average Bonchev–Trinajstić information content (AvgIpc) is 2.29. The fraction of sp³-hybridized carbons (Fsp3) is 0.538. The van der Waals surface area contributed by atoms with Crippen LogP contribution in [0.2, 0.25) is 0 Å². The molecule has 1 aromatic rings. The van der Waals surface area contributed by atoms with Crippen LogP contribution in [0.1, 0.15) is 19.4 Å². The van der Waals surface area contributed by atoms with Crippen molar-refractivity contribution in [1.82, 2.24) is 4.90 Å². The summed E-state index contributed by atoms with van der Waals surface area (Å²) in [5.74, 6) is 2.33. The molecule has 0 spiro atoms. The molecule has 0 aromatic heterocycles. The van der Waals surface area contributed by atoms with Crippen molar-refractivity contribution in [2.24, 2.45) is 0 Å². The van der Waals surface area contributed by atoms with Crippen molar-refractivity contribution < 1.29 is 0 Å². The Kier molecular flexibility index (Phi) is 7.17. The van der Waals surface area contributed by atoms with Gasteiger partial charge in [0.25, 0.3) is 0 Å². The van der Waals surface area contributed by atoms with Crippen LogP contribution in [0.15, 0.2) is 28.7 Å². The number of nitrogens with zero attached hydrogens (tertiary/aromatic N) is 1. The van der Waals surface area contributed by atoms with Crippen LogP contribution in [0.4, 0.5) is 0 Å². The van der Waals surface area contributed by atoms with Crippen molar-refractivity contribution in [2.75, 3.05) is 25.4 Å². The summed E-state index contributed by atoms with van der Waals surface area (Å²) in [4.78, 5) is 2.47. The summed E-state index contributed by atoms with van der Waals surface area (Å²) in [5.41, 5.74) is 1.40. The molecule has 1 rings (SSSR count). The second-order valence-electron chi connectivity index (χ2n) is 3.71. The van der Waals surface area contributed by atoms with E-state index >= 15 is 0 Å². The van der Waals surface area contributed by atoms with E-state index in [1.54, 1.807) is 0 Å². The van der Waals surface area contributed by atoms with Gasteiger partial charge in [0.05, 0.1) is 0 Å². The second kappa shape index (κ2) is 8.15. The van der Waals surface area contributed by atoms with Crippen LogP contribution in [0.3, 0.4) is 0 Å². The largest absolute Gasteiger partial charge is 0.303 e. The first-order chi connectivity index (χ1) is 7.76. The minimum atomic E-state index is 1.11. The van der Waals surface area contributed by atoms with Gasteiger partial charge >= 0.3 is 0 Å². The van der Waals surface area contributed by atoms with E-state index < -0.39 is 0 Å². The molecule has 3 heteroatoms. The summed E-state index contributed by atoms with van der Waals surface area (Å²) < 4.78 is 1.18. The molecule has 0 aliphatic carbocycles. The Morgan fingerprint density at radius 2 is 2.00 bits per heavy atom. The first-order valence-electron chi connectivity index (χ1n) is 5.80. The van der Waals surface area contributed by atoms with E-state index in [-0.39, 0.29) is 0 Å². The van der Waals surface area contributed by atoms with Crippen molar-refractivity contribution in [1.29, 1.82) is 0 Å². The third kappa shape index (κ3) is 5.37. The number of hydrogen-bond donors (Lipinski definition) is 0. The van der Waals surface area contributed by atoms with E-state index in [1.807, 2.05) is 11.8 Å². The lowest BCUT2D eigenvalue weighted by Crippen LogP contribution is -2.25. The molecule has 0 amide bonds. The molecule has 0 radical (unpaired) electrons. The summed E-state index contributed by atoms with van der Waals surface area (Å²) in [7, 11) is 0. The highest BCUT2D eigenvalue weighted by atomic mass is 79.9. The van der Waals surface area contributed by atoms with Crippen LogP contribution in [0.25, 0.3) is 0 Å². The van der Waals surface area contributed by atoms with Gasteiger partial charge in [-0.2, -0.15) is 11.8 Å². The predicted octanol–water partition coefficient (Wildman–Crippen LogP) is 4.02. The van der Waals surface area contributed by atoms with Crippen LogP contribution in [-0.2, 0) is 5.75 Å². The monoisotopic (exact) mass is 301 g/mol. The Morgan fingerprint density at radius 3 is 2.62 bits per heavy atom. The lowest BCUT2D eigenvalue weighted by atomic mass is 10.2. The second-order valence-corrected chi connectivity index (χ2v) is 5.73. The van der Waals surface area contributed by atoms with Gasteiger partial charge < -0.3 is 4.90 Å². The Balaban J connectivity index is 2.20. The summed E-state index contributed by atoms with van der Waals surface area (Å²) in [5, 5.41) is 0. The highest BCUT2D eigenvalue weighted by Crippen LogP contribution is 2.16. The SMILES string of the molecule is CCN(CC)CCSCc1cccc(Br)c1. The molecule has 0 saturated carbocycles. The first-order valence-corrected chi connectivity index (χ1v) is 7.75. The molecule has 16 heavy (non-hydrogen) atoms. The zero-order chi connectivity index (χ0) is 11.8. The van der Waals surface area contributed by atoms with Crippen LogP contribution < -0.4 is 0 Å². The zero-order valence-corrected chi connectivity index (χ0v) is 12.5. The maximum atomic E-state index is 3.50. The van der Waals surface area contributed by atoms with Gasteiger partial charge in [-0.05, 0) is 30.8 Å². The third-order valence-electron chi connectivity index (χ3n) is 2.60. The average molecular weight is 302 g/mol. The number of thioether (sulfide) groups is 1. The van der Waals surface area contributed by atoms with Crippen LogP contribution in [-0.4, -0.2) is 30.3 Å². The maximum Gasteiger partial charge on any atom is 0.0185 e. The molecule has 1 nitrogen and oxygen atoms in total. The highest BCUT2D eigenvalue weighted by Gasteiger charge is 1.99. The van der Waals surface area contributed by atoms with Gasteiger partial charge in [0, 0.05) is 22.5 Å². The van der Waals surface area contributed by atoms with Crippen molar-refractivity contribution in [3.05, 3.63) is 34.3 Å². The van der Waals surface area contributed by atoms with E-state index in [4.69, 9.17) is 0 Å². The molecular formula is C13H20BrNS. The van der Waals surface area contributed by atoms with Gasteiger partial charge in [0.1, 0.15) is 0 Å². The Hall–Kier alpha value is 0.01000. The lowest BCUT2D eigenvalue weighted by molar-refractivity contribution is 0.324. The molecule has 90 valence electrons. The summed E-state index contributed by atoms with van der Waals surface area (Å²) in [6.07, 6.45) is 0. The van der Waals surface area contributed by atoms with Crippen LogP contribution in [0, 0.1) is 0 Å². The van der Waals surface area contributed by atoms with Crippen molar-refractivity contribution in [2.45, 2.75) is 19.6 Å². The maximum absolute atomic E-state index is 3.50. The summed E-state index contributed by atoms with van der Waals surface area (Å²) in [6.45, 7) is 7.97. The fourth-order valence-electron chi connectivity index (χ4n) is 1.55. The number of rotatable bonds is 7. The third-order valence-corrected chi connectivity index (χ3v) is 4.11. The van der Waals surface area contributed by atoms with E-state index in [1.165, 1.54) is 22.3 Å². The molecule has 0 atom stereocenters. The molecular weight excluding hydrogens is 282 g/mol. The fourth-order valence-corrected chi connectivity index (χ4v) is 2.94. The van der Waals surface area contributed by atoms with Gasteiger partial charge in [-0.15, -0.1) is 0 Å². The Morgan fingerprint density at radius 1 is 1.25 bits per heavy atom. The number of benzene rings is 1. The highest BCUT2D eigenvalue weighted by molar-refractivity contribution is 9.10. The van der Waals surface area contributed by atoms with Crippen molar-refractivity contribution in [3.63, 3.8) is 0 Å². The molecule has 0 fully saturated rings. The lowest BCUT2D eigenvalue weighted by Gasteiger charge is -2.17. The standard InChI is InChI=1S/C13H20BrNS/c1-3-15(4-2)8-9-16-11-12-6-5-7-13(14)10-12/h5-7,10H,3-4,8-9,11H2,1-2H3. The molecule has 0 bridgehead atoms. The first kappa shape index (κ1) is 14.1. The van der Waals surface area contributed by atoms with Gasteiger partial charge in [-0.1, -0.05) is 41.9 Å². The van der Waals surface area contributed by atoms with Crippen molar-refractivity contribution >= 4 is 27.7 Å². The van der Waals surface area contributed by atoms with E-state index in [0.29, 0.717) is 0 Å². The predicted molar refractivity (Wildman–Crippen MR) is 78.1 cm³/mol. The normalized spacial score (nSPS) is 11.0. The molecule has 0 saturated heterocycles. The Labute approximate surface area is 112 Å². The molecule has 0 aliphatic heterocycles. The molecule has 0 heterocycles. The topological polar surface area (TPSA) is 3.24 Å². The zero-order valence-electron chi connectivity index (χ0n) is 10.1. The molecule has 0 N–H and O–H groups in total. The summed E-state index contributed by atoms with van der Waals surface area (Å²) in [6, 6.07) is 8.56. The minimum absolute atomic E-state index is 1.11. The number of hydrogen-bond acceptors (Lipinski definition) is 2. The molecule has 1 aromatic carbocycles. The van der Waals surface area contributed by atoms with Crippen LogP contribution in [0.5, 0.6) is 0 Å². The Bertz CT molecular complexity index is 300. The quantitative estimate of drug-likeness (QED) is 0.700. The van der Waals surface area contributed by atoms with Gasteiger partial charge in [-0.3, -0.25) is 0 Å². The van der Waals surface area contributed by atoms with E-state index in [9.17, 15) is 0 Å². The van der Waals surface area contributed by atoms with Gasteiger partial charge in [0.15, 0.2) is 0 Å². The van der Waals surface area contributed by atoms with Crippen LogP contribution >= 0.6 is 27.7 Å². The minimum Gasteiger partial charge on any atom is -0.303 e. The van der Waals surface area contributed by atoms with E-state index in [0.717, 1.165) is 18.8 Å². The molecule has 0 unspecified atom stereocenters. The van der Waals surface area contributed by atoms with E-state index in [2.05, 4.69) is 58.9 Å². The summed E-state index contributed by atoms with van der Waals surface area (Å²) >= 11 is 5.51. The molecule has 0 aliphatic rings. The van der Waals surface area contributed by atoms with Gasteiger partial charge in [0.2, 0.25) is 0 Å².